The van der Waals surface area contributed by atoms with E-state index in [0.717, 1.165) is 30.1 Å². The topological polar surface area (TPSA) is 45.1 Å². The lowest BCUT2D eigenvalue weighted by atomic mass is 10.1. The van der Waals surface area contributed by atoms with Gasteiger partial charge in [0, 0.05) is 19.8 Å². The van der Waals surface area contributed by atoms with Crippen LogP contribution in [0, 0.1) is 0 Å². The van der Waals surface area contributed by atoms with Gasteiger partial charge in [-0.25, -0.2) is 4.99 Å². The molecule has 0 spiro atoms. The molecule has 0 atom stereocenters. The molecule has 0 saturated heterocycles. The quantitative estimate of drug-likeness (QED) is 0.836. The molecule has 0 radical (unpaired) electrons. The molecule has 136 valence electrons. The zero-order valence-corrected chi connectivity index (χ0v) is 15.4. The van der Waals surface area contributed by atoms with Crippen LogP contribution < -0.4 is 9.64 Å². The van der Waals surface area contributed by atoms with Gasteiger partial charge in [0.2, 0.25) is 0 Å². The molecule has 0 fully saturated rings. The summed E-state index contributed by atoms with van der Waals surface area (Å²) in [5, 5.41) is 0. The second kappa shape index (κ2) is 7.11. The first-order valence-electron chi connectivity index (χ1n) is 8.91. The van der Waals surface area contributed by atoms with Crippen molar-refractivity contribution in [1.29, 1.82) is 0 Å². The molecule has 5 heteroatoms. The van der Waals surface area contributed by atoms with Gasteiger partial charge in [-0.15, -0.1) is 0 Å². The van der Waals surface area contributed by atoms with Gasteiger partial charge in [-0.3, -0.25) is 4.79 Å². The maximum atomic E-state index is 12.9. The average molecular weight is 359 g/mol. The first-order chi connectivity index (χ1) is 13.2. The van der Waals surface area contributed by atoms with Gasteiger partial charge in [-0.1, -0.05) is 24.3 Å². The molecule has 0 saturated carbocycles. The van der Waals surface area contributed by atoms with E-state index < -0.39 is 0 Å². The number of methoxy groups -OCH3 is 1. The van der Waals surface area contributed by atoms with E-state index in [1.165, 1.54) is 5.56 Å². The van der Waals surface area contributed by atoms with Crippen molar-refractivity contribution in [3.8, 4) is 5.75 Å². The standard InChI is InChI=1S/C22H21N3O2/c1-24-20-8-4-3-7-19(20)23-21-18(22(24)26)6-5-14-25(21)15-13-16-9-11-17(27-2)12-10-16/h3-12,14H,13,15H2,1-2H3. The van der Waals surface area contributed by atoms with Crippen LogP contribution in [-0.2, 0) is 11.2 Å². The second-order valence-electron chi connectivity index (χ2n) is 6.50. The lowest BCUT2D eigenvalue weighted by molar-refractivity contribution is -0.114. The summed E-state index contributed by atoms with van der Waals surface area (Å²) >= 11 is 0. The van der Waals surface area contributed by atoms with E-state index in [2.05, 4.69) is 12.1 Å². The number of benzene rings is 2. The Labute approximate surface area is 158 Å². The van der Waals surface area contributed by atoms with Gasteiger partial charge in [-0.2, -0.15) is 0 Å². The molecule has 2 aromatic rings. The predicted octanol–water partition coefficient (Wildman–Crippen LogP) is 3.70. The number of anilines is 1. The van der Waals surface area contributed by atoms with Crippen LogP contribution in [0.3, 0.4) is 0 Å². The number of para-hydroxylation sites is 2. The molecule has 2 aliphatic heterocycles. The van der Waals surface area contributed by atoms with Crippen molar-refractivity contribution in [1.82, 2.24) is 4.90 Å². The van der Waals surface area contributed by atoms with Crippen LogP contribution in [0.5, 0.6) is 5.75 Å². The van der Waals surface area contributed by atoms with Crippen molar-refractivity contribution in [2.45, 2.75) is 6.42 Å². The summed E-state index contributed by atoms with van der Waals surface area (Å²) in [5.74, 6) is 1.51. The Balaban J connectivity index is 1.61. The Hall–Kier alpha value is -3.34. The third-order valence-electron chi connectivity index (χ3n) is 4.85. The summed E-state index contributed by atoms with van der Waals surface area (Å²) in [4.78, 5) is 21.5. The predicted molar refractivity (Wildman–Crippen MR) is 108 cm³/mol. The van der Waals surface area contributed by atoms with Gasteiger partial charge in [-0.05, 0) is 48.4 Å². The van der Waals surface area contributed by atoms with E-state index in [-0.39, 0.29) is 5.91 Å². The number of amides is 1. The number of carbonyl (C=O) groups excluding carboxylic acids is 1. The molecule has 27 heavy (non-hydrogen) atoms. The molecule has 0 bridgehead atoms. The van der Waals surface area contributed by atoms with E-state index >= 15 is 0 Å². The fourth-order valence-corrected chi connectivity index (χ4v) is 3.30. The summed E-state index contributed by atoms with van der Waals surface area (Å²) in [6.07, 6.45) is 6.57. The first kappa shape index (κ1) is 17.1. The number of likely N-dealkylation sites (N-methyl/N-ethyl adjacent to an activating group) is 1. The molecular formula is C22H21N3O2. The number of hydrogen-bond donors (Lipinski definition) is 0. The lowest BCUT2D eigenvalue weighted by Gasteiger charge is -2.26. The molecule has 0 aromatic heterocycles. The lowest BCUT2D eigenvalue weighted by Crippen LogP contribution is -2.37. The van der Waals surface area contributed by atoms with Crippen molar-refractivity contribution in [2.24, 2.45) is 4.99 Å². The van der Waals surface area contributed by atoms with Gasteiger partial charge < -0.3 is 14.5 Å². The highest BCUT2D eigenvalue weighted by molar-refractivity contribution is 6.28. The summed E-state index contributed by atoms with van der Waals surface area (Å²) in [5.41, 5.74) is 3.45. The van der Waals surface area contributed by atoms with Crippen LogP contribution in [0.25, 0.3) is 0 Å². The smallest absolute Gasteiger partial charge is 0.261 e. The number of aliphatic imine (C=N–C) groups is 1. The van der Waals surface area contributed by atoms with Crippen LogP contribution in [0.2, 0.25) is 0 Å². The Bertz CT molecular complexity index is 958. The highest BCUT2D eigenvalue weighted by atomic mass is 16.5. The molecule has 1 amide bonds. The molecule has 5 nitrogen and oxygen atoms in total. The third-order valence-corrected chi connectivity index (χ3v) is 4.85. The number of hydrogen-bond acceptors (Lipinski definition) is 4. The van der Waals surface area contributed by atoms with Gasteiger partial charge in [0.25, 0.3) is 5.91 Å². The summed E-state index contributed by atoms with van der Waals surface area (Å²) < 4.78 is 5.21. The fourth-order valence-electron chi connectivity index (χ4n) is 3.30. The summed E-state index contributed by atoms with van der Waals surface area (Å²) in [6, 6.07) is 15.8. The number of ether oxygens (including phenoxy) is 1. The highest BCUT2D eigenvalue weighted by Crippen LogP contribution is 2.33. The highest BCUT2D eigenvalue weighted by Gasteiger charge is 2.29. The average Bonchev–Trinajstić information content (AvgIpc) is 2.82. The number of nitrogens with zero attached hydrogens (tertiary/aromatic N) is 3. The number of carbonyl (C=O) groups is 1. The Kier molecular flexibility index (Phi) is 4.50. The molecule has 4 rings (SSSR count). The second-order valence-corrected chi connectivity index (χ2v) is 6.50. The van der Waals surface area contributed by atoms with Crippen LogP contribution in [0.4, 0.5) is 11.4 Å². The van der Waals surface area contributed by atoms with Gasteiger partial charge in [0.15, 0.2) is 0 Å². The molecule has 0 aliphatic carbocycles. The van der Waals surface area contributed by atoms with Gasteiger partial charge >= 0.3 is 0 Å². The van der Waals surface area contributed by atoms with Crippen LogP contribution in [0.1, 0.15) is 5.56 Å². The van der Waals surface area contributed by atoms with E-state index in [4.69, 9.17) is 9.73 Å². The Morgan fingerprint density at radius 2 is 1.85 bits per heavy atom. The van der Waals surface area contributed by atoms with Crippen molar-refractivity contribution in [2.75, 3.05) is 25.6 Å². The zero-order chi connectivity index (χ0) is 18.8. The number of allylic oxidation sites excluding steroid dienone is 2. The van der Waals surface area contributed by atoms with Gasteiger partial charge in [0.05, 0.1) is 24.1 Å². The largest absolute Gasteiger partial charge is 0.497 e. The summed E-state index contributed by atoms with van der Waals surface area (Å²) in [7, 11) is 3.46. The van der Waals surface area contributed by atoms with E-state index in [1.807, 2.05) is 59.7 Å². The van der Waals surface area contributed by atoms with Crippen molar-refractivity contribution >= 4 is 23.1 Å². The monoisotopic (exact) mass is 359 g/mol. The maximum Gasteiger partial charge on any atom is 0.261 e. The van der Waals surface area contributed by atoms with Crippen molar-refractivity contribution < 1.29 is 9.53 Å². The minimum atomic E-state index is -0.0440. The Morgan fingerprint density at radius 1 is 1.07 bits per heavy atom. The number of rotatable bonds is 4. The zero-order valence-electron chi connectivity index (χ0n) is 15.4. The molecular weight excluding hydrogens is 338 g/mol. The molecule has 2 aromatic carbocycles. The normalized spacial score (nSPS) is 15.6. The van der Waals surface area contributed by atoms with Gasteiger partial charge in [0.1, 0.15) is 11.6 Å². The third kappa shape index (κ3) is 3.24. The number of fused-ring (bicyclic) bond motifs is 2. The van der Waals surface area contributed by atoms with Crippen molar-refractivity contribution in [3.63, 3.8) is 0 Å². The minimum absolute atomic E-state index is 0.0440. The molecule has 2 aliphatic rings. The summed E-state index contributed by atoms with van der Waals surface area (Å²) in [6.45, 7) is 0.734. The Morgan fingerprint density at radius 3 is 2.63 bits per heavy atom. The number of amidine groups is 1. The van der Waals surface area contributed by atoms with E-state index in [0.29, 0.717) is 11.4 Å². The first-order valence-corrected chi connectivity index (χ1v) is 8.91. The molecule has 0 unspecified atom stereocenters. The SMILES string of the molecule is COc1ccc(CCN2C=CC=C3C(=O)N(C)c4ccccc4N=C32)cc1. The molecule has 0 N–H and O–H groups in total. The van der Waals surface area contributed by atoms with Crippen molar-refractivity contribution in [3.05, 3.63) is 78.0 Å². The minimum Gasteiger partial charge on any atom is -0.497 e. The van der Waals surface area contributed by atoms with Crippen LogP contribution in [0.15, 0.2) is 77.4 Å². The van der Waals surface area contributed by atoms with E-state index in [1.54, 1.807) is 19.1 Å². The van der Waals surface area contributed by atoms with Crippen LogP contribution >= 0.6 is 0 Å². The van der Waals surface area contributed by atoms with E-state index in [9.17, 15) is 4.79 Å². The fraction of sp³-hybridized carbons (Fsp3) is 0.182. The maximum absolute atomic E-state index is 12.9. The van der Waals surface area contributed by atoms with Crippen LogP contribution in [-0.4, -0.2) is 37.3 Å². The molecule has 2 heterocycles.